The molecule has 2 aromatic rings. The van der Waals surface area contributed by atoms with Gasteiger partial charge in [-0.2, -0.15) is 0 Å². The Labute approximate surface area is 105 Å². The van der Waals surface area contributed by atoms with Crippen LogP contribution in [0, 0.1) is 0 Å². The molecule has 0 saturated carbocycles. The highest BCUT2D eigenvalue weighted by Gasteiger charge is 2.29. The fourth-order valence-corrected chi connectivity index (χ4v) is 2.51. The Bertz CT molecular complexity index is 629. The molecule has 0 unspecified atom stereocenters. The Morgan fingerprint density at radius 3 is 3.00 bits per heavy atom. The van der Waals surface area contributed by atoms with Gasteiger partial charge in [-0.1, -0.05) is 24.3 Å². The summed E-state index contributed by atoms with van der Waals surface area (Å²) in [7, 11) is 0. The number of nitrogen functional groups attached to an aromatic ring is 1. The second-order valence-electron chi connectivity index (χ2n) is 4.32. The molecule has 3 N–H and O–H groups in total. The zero-order valence-electron chi connectivity index (χ0n) is 10.1. The Morgan fingerprint density at radius 1 is 1.44 bits per heavy atom. The van der Waals surface area contributed by atoms with Gasteiger partial charge >= 0.3 is 5.97 Å². The number of nitrogens with two attached hydrogens (primary N) is 1. The fraction of sp³-hybridized carbons (Fsp3) is 0.214. The predicted molar refractivity (Wildman–Crippen MR) is 69.4 cm³/mol. The lowest BCUT2D eigenvalue weighted by Crippen LogP contribution is -2.08. The van der Waals surface area contributed by atoms with Gasteiger partial charge in [0.25, 0.3) is 0 Å². The third-order valence-corrected chi connectivity index (χ3v) is 3.27. The number of esters is 1. The fourth-order valence-electron chi connectivity index (χ4n) is 2.51. The Balaban J connectivity index is 2.12. The number of aromatic amines is 1. The zero-order valence-corrected chi connectivity index (χ0v) is 10.1. The number of fused-ring (bicyclic) bond motifs is 3. The van der Waals surface area contributed by atoms with Crippen molar-refractivity contribution < 1.29 is 9.53 Å². The molecule has 0 amide bonds. The summed E-state index contributed by atoms with van der Waals surface area (Å²) in [5, 5.41) is 0. The molecule has 0 aliphatic heterocycles. The van der Waals surface area contributed by atoms with E-state index in [1.807, 2.05) is 18.2 Å². The van der Waals surface area contributed by atoms with Gasteiger partial charge in [0.05, 0.1) is 12.3 Å². The van der Waals surface area contributed by atoms with Gasteiger partial charge in [0, 0.05) is 12.0 Å². The summed E-state index contributed by atoms with van der Waals surface area (Å²) in [6, 6.07) is 8.08. The summed E-state index contributed by atoms with van der Waals surface area (Å²) in [5.74, 6) is 0.0493. The minimum Gasteiger partial charge on any atom is -0.462 e. The van der Waals surface area contributed by atoms with E-state index in [1.165, 1.54) is 5.56 Å². The molecule has 3 rings (SSSR count). The number of ether oxygens (including phenoxy) is 1. The van der Waals surface area contributed by atoms with Crippen molar-refractivity contribution in [3.05, 3.63) is 41.0 Å². The second kappa shape index (κ2) is 3.91. The maximum atomic E-state index is 11.9. The SMILES string of the molecule is CCOC(=O)c1c(N)[nH]c2c1Cc1ccccc1-2. The van der Waals surface area contributed by atoms with Crippen molar-refractivity contribution in [3.63, 3.8) is 0 Å². The van der Waals surface area contributed by atoms with Gasteiger partial charge < -0.3 is 15.5 Å². The summed E-state index contributed by atoms with van der Waals surface area (Å²) in [6.07, 6.45) is 0.730. The lowest BCUT2D eigenvalue weighted by atomic mass is 10.1. The molecule has 4 nitrogen and oxygen atoms in total. The highest BCUT2D eigenvalue weighted by molar-refractivity contribution is 6.00. The first kappa shape index (κ1) is 10.9. The van der Waals surface area contributed by atoms with Gasteiger partial charge in [0.15, 0.2) is 0 Å². The summed E-state index contributed by atoms with van der Waals surface area (Å²) in [5.41, 5.74) is 10.6. The monoisotopic (exact) mass is 242 g/mol. The molecule has 0 saturated heterocycles. The van der Waals surface area contributed by atoms with E-state index in [-0.39, 0.29) is 5.97 Å². The van der Waals surface area contributed by atoms with E-state index >= 15 is 0 Å². The van der Waals surface area contributed by atoms with Gasteiger partial charge in [-0.3, -0.25) is 0 Å². The van der Waals surface area contributed by atoms with Crippen LogP contribution in [-0.4, -0.2) is 17.6 Å². The largest absolute Gasteiger partial charge is 0.462 e. The molecule has 92 valence electrons. The molecule has 0 atom stereocenters. The van der Waals surface area contributed by atoms with Crippen LogP contribution in [0.15, 0.2) is 24.3 Å². The van der Waals surface area contributed by atoms with E-state index in [4.69, 9.17) is 10.5 Å². The van der Waals surface area contributed by atoms with Crippen LogP contribution in [0.1, 0.15) is 28.4 Å². The molecule has 18 heavy (non-hydrogen) atoms. The van der Waals surface area contributed by atoms with Crippen LogP contribution in [0.2, 0.25) is 0 Å². The van der Waals surface area contributed by atoms with Gasteiger partial charge in [-0.05, 0) is 18.1 Å². The lowest BCUT2D eigenvalue weighted by Gasteiger charge is -2.03. The van der Waals surface area contributed by atoms with Crippen LogP contribution in [0.4, 0.5) is 5.82 Å². The van der Waals surface area contributed by atoms with Crippen molar-refractivity contribution in [2.75, 3.05) is 12.3 Å². The molecule has 4 heteroatoms. The van der Waals surface area contributed by atoms with E-state index in [9.17, 15) is 4.79 Å². The molecule has 0 bridgehead atoms. The smallest absolute Gasteiger partial charge is 0.342 e. The third-order valence-electron chi connectivity index (χ3n) is 3.27. The number of H-pyrrole nitrogens is 1. The number of carbonyl (C=O) groups excluding carboxylic acids is 1. The molecule has 1 heterocycles. The predicted octanol–water partition coefficient (Wildman–Crippen LogP) is 2.34. The lowest BCUT2D eigenvalue weighted by molar-refractivity contribution is 0.0527. The van der Waals surface area contributed by atoms with Crippen molar-refractivity contribution in [2.24, 2.45) is 0 Å². The van der Waals surface area contributed by atoms with Gasteiger partial charge in [0.2, 0.25) is 0 Å². The van der Waals surface area contributed by atoms with Crippen molar-refractivity contribution in [1.29, 1.82) is 0 Å². The molecular formula is C14H14N2O2. The number of carbonyl (C=O) groups is 1. The highest BCUT2D eigenvalue weighted by atomic mass is 16.5. The van der Waals surface area contributed by atoms with Crippen LogP contribution in [-0.2, 0) is 11.2 Å². The third kappa shape index (κ3) is 1.42. The number of aromatic nitrogens is 1. The first-order chi connectivity index (χ1) is 8.72. The van der Waals surface area contributed by atoms with Crippen molar-refractivity contribution in [1.82, 2.24) is 4.98 Å². The maximum absolute atomic E-state index is 11.9. The van der Waals surface area contributed by atoms with Crippen LogP contribution >= 0.6 is 0 Å². The minimum atomic E-state index is -0.347. The van der Waals surface area contributed by atoms with E-state index in [0.29, 0.717) is 18.0 Å². The molecule has 1 aliphatic rings. The molecule has 1 aromatic carbocycles. The van der Waals surface area contributed by atoms with E-state index < -0.39 is 0 Å². The number of nitrogens with one attached hydrogen (secondary N) is 1. The zero-order chi connectivity index (χ0) is 12.7. The summed E-state index contributed by atoms with van der Waals surface area (Å²) in [4.78, 5) is 15.0. The molecule has 1 aliphatic carbocycles. The average Bonchev–Trinajstić information content (AvgIpc) is 2.84. The minimum absolute atomic E-state index is 0.347. The van der Waals surface area contributed by atoms with Gasteiger partial charge in [-0.25, -0.2) is 4.79 Å². The Morgan fingerprint density at radius 2 is 2.22 bits per heavy atom. The quantitative estimate of drug-likeness (QED) is 0.678. The summed E-state index contributed by atoms with van der Waals surface area (Å²) < 4.78 is 5.05. The van der Waals surface area contributed by atoms with E-state index in [2.05, 4.69) is 11.1 Å². The molecule has 1 aromatic heterocycles. The topological polar surface area (TPSA) is 68.1 Å². The number of hydrogen-bond donors (Lipinski definition) is 2. The number of anilines is 1. The van der Waals surface area contributed by atoms with Crippen molar-refractivity contribution >= 4 is 11.8 Å². The van der Waals surface area contributed by atoms with Crippen LogP contribution < -0.4 is 5.73 Å². The summed E-state index contributed by atoms with van der Waals surface area (Å²) >= 11 is 0. The van der Waals surface area contributed by atoms with Gasteiger partial charge in [0.1, 0.15) is 11.4 Å². The first-order valence-electron chi connectivity index (χ1n) is 5.98. The normalized spacial score (nSPS) is 12.1. The number of rotatable bonds is 2. The van der Waals surface area contributed by atoms with Crippen LogP contribution in [0.25, 0.3) is 11.3 Å². The standard InChI is InChI=1S/C14H14N2O2/c1-2-18-14(17)11-10-7-8-5-3-4-6-9(8)12(10)16-13(11)15/h3-6,16H,2,7,15H2,1H3. The van der Waals surface area contributed by atoms with Crippen LogP contribution in [0.3, 0.4) is 0 Å². The number of hydrogen-bond acceptors (Lipinski definition) is 3. The summed E-state index contributed by atoms with van der Waals surface area (Å²) in [6.45, 7) is 2.14. The van der Waals surface area contributed by atoms with Gasteiger partial charge in [-0.15, -0.1) is 0 Å². The molecule has 0 spiro atoms. The Hall–Kier alpha value is -2.23. The second-order valence-corrected chi connectivity index (χ2v) is 4.32. The van der Waals surface area contributed by atoms with E-state index in [0.717, 1.165) is 23.2 Å². The first-order valence-corrected chi connectivity index (χ1v) is 5.98. The average molecular weight is 242 g/mol. The molecular weight excluding hydrogens is 228 g/mol. The highest BCUT2D eigenvalue weighted by Crippen LogP contribution is 2.40. The molecule has 0 fully saturated rings. The van der Waals surface area contributed by atoms with E-state index in [1.54, 1.807) is 6.92 Å². The van der Waals surface area contributed by atoms with Crippen LogP contribution in [0.5, 0.6) is 0 Å². The maximum Gasteiger partial charge on any atom is 0.342 e. The number of benzene rings is 1. The Kier molecular flexibility index (Phi) is 2.37. The van der Waals surface area contributed by atoms with Crippen molar-refractivity contribution in [3.8, 4) is 11.3 Å². The molecule has 0 radical (unpaired) electrons. The van der Waals surface area contributed by atoms with Crippen molar-refractivity contribution in [2.45, 2.75) is 13.3 Å².